The van der Waals surface area contributed by atoms with Gasteiger partial charge < -0.3 is 4.74 Å². The molecule has 0 aliphatic rings. The van der Waals surface area contributed by atoms with E-state index in [9.17, 15) is 8.78 Å². The van der Waals surface area contributed by atoms with E-state index in [1.807, 2.05) is 0 Å². The van der Waals surface area contributed by atoms with Crippen molar-refractivity contribution in [1.29, 1.82) is 0 Å². The Morgan fingerprint density at radius 2 is 1.86 bits per heavy atom. The van der Waals surface area contributed by atoms with E-state index in [-0.39, 0.29) is 5.75 Å². The lowest BCUT2D eigenvalue weighted by atomic mass is 10.1. The molecule has 0 bridgehead atoms. The fourth-order valence-corrected chi connectivity index (χ4v) is 1.24. The second-order valence-electron chi connectivity index (χ2n) is 2.81. The molecule has 4 heteroatoms. The molecule has 0 saturated carbocycles. The Morgan fingerprint density at radius 1 is 1.21 bits per heavy atom. The number of alkyl halides is 3. The third-order valence-corrected chi connectivity index (χ3v) is 2.01. The van der Waals surface area contributed by atoms with Crippen molar-refractivity contribution in [2.24, 2.45) is 0 Å². The maximum atomic E-state index is 11.8. The molecule has 1 aromatic carbocycles. The largest absolute Gasteiger partial charge is 0.435 e. The van der Waals surface area contributed by atoms with Crippen LogP contribution in [0.3, 0.4) is 0 Å². The van der Waals surface area contributed by atoms with Gasteiger partial charge in [-0.1, -0.05) is 12.1 Å². The average molecular weight is 221 g/mol. The minimum absolute atomic E-state index is 0.189. The van der Waals surface area contributed by atoms with Crippen molar-refractivity contribution in [2.45, 2.75) is 19.5 Å². The zero-order valence-electron chi connectivity index (χ0n) is 7.55. The van der Waals surface area contributed by atoms with E-state index in [0.717, 1.165) is 18.4 Å². The topological polar surface area (TPSA) is 9.23 Å². The van der Waals surface area contributed by atoms with Crippen LogP contribution in [0.4, 0.5) is 8.78 Å². The molecular formula is C10H11ClF2O. The van der Waals surface area contributed by atoms with E-state index < -0.39 is 6.61 Å². The van der Waals surface area contributed by atoms with Crippen LogP contribution >= 0.6 is 11.6 Å². The molecule has 0 atom stereocenters. The van der Waals surface area contributed by atoms with Crippen molar-refractivity contribution in [2.75, 3.05) is 5.88 Å². The second-order valence-corrected chi connectivity index (χ2v) is 3.19. The first-order chi connectivity index (χ1) is 6.72. The Kier molecular flexibility index (Phi) is 4.66. The summed E-state index contributed by atoms with van der Waals surface area (Å²) in [6.45, 7) is -2.76. The molecule has 78 valence electrons. The lowest BCUT2D eigenvalue weighted by molar-refractivity contribution is -0.0498. The molecule has 0 aromatic heterocycles. The summed E-state index contributed by atoms with van der Waals surface area (Å²) < 4.78 is 27.8. The van der Waals surface area contributed by atoms with Crippen molar-refractivity contribution < 1.29 is 13.5 Å². The summed E-state index contributed by atoms with van der Waals surface area (Å²) in [7, 11) is 0. The summed E-state index contributed by atoms with van der Waals surface area (Å²) >= 11 is 5.53. The summed E-state index contributed by atoms with van der Waals surface area (Å²) in [5.74, 6) is 0.796. The predicted molar refractivity (Wildman–Crippen MR) is 52.1 cm³/mol. The van der Waals surface area contributed by atoms with Crippen molar-refractivity contribution in [3.8, 4) is 5.75 Å². The SMILES string of the molecule is FC(F)Oc1ccc(CCCCl)cc1. The molecule has 1 nitrogen and oxygen atoms in total. The maximum Gasteiger partial charge on any atom is 0.387 e. The van der Waals surface area contributed by atoms with E-state index in [0.29, 0.717) is 5.88 Å². The van der Waals surface area contributed by atoms with Crippen molar-refractivity contribution in [3.63, 3.8) is 0 Å². The van der Waals surface area contributed by atoms with Crippen LogP contribution < -0.4 is 4.74 Å². The van der Waals surface area contributed by atoms with E-state index in [4.69, 9.17) is 11.6 Å². The number of rotatable bonds is 5. The fraction of sp³-hybridized carbons (Fsp3) is 0.400. The van der Waals surface area contributed by atoms with Gasteiger partial charge in [0.25, 0.3) is 0 Å². The average Bonchev–Trinajstić information content (AvgIpc) is 2.16. The van der Waals surface area contributed by atoms with Crippen LogP contribution in [0, 0.1) is 0 Å². The Bertz CT molecular complexity index is 261. The summed E-state index contributed by atoms with van der Waals surface area (Å²) in [6, 6.07) is 6.61. The van der Waals surface area contributed by atoms with Gasteiger partial charge in [0.15, 0.2) is 0 Å². The Labute approximate surface area is 86.6 Å². The van der Waals surface area contributed by atoms with E-state index in [1.54, 1.807) is 12.1 Å². The van der Waals surface area contributed by atoms with Crippen LogP contribution in [0.15, 0.2) is 24.3 Å². The highest BCUT2D eigenvalue weighted by Crippen LogP contribution is 2.15. The fourth-order valence-electron chi connectivity index (χ4n) is 1.11. The van der Waals surface area contributed by atoms with Gasteiger partial charge >= 0.3 is 6.61 Å². The van der Waals surface area contributed by atoms with Crippen LogP contribution in [0.1, 0.15) is 12.0 Å². The van der Waals surface area contributed by atoms with E-state index in [2.05, 4.69) is 4.74 Å². The zero-order chi connectivity index (χ0) is 10.4. The first-order valence-corrected chi connectivity index (χ1v) is 4.85. The molecule has 0 aliphatic carbocycles. The summed E-state index contributed by atoms with van der Waals surface area (Å²) in [5.41, 5.74) is 1.08. The van der Waals surface area contributed by atoms with Gasteiger partial charge in [-0.3, -0.25) is 0 Å². The second kappa shape index (κ2) is 5.81. The predicted octanol–water partition coefficient (Wildman–Crippen LogP) is 3.46. The normalized spacial score (nSPS) is 10.6. The summed E-state index contributed by atoms with van der Waals surface area (Å²) in [5, 5.41) is 0. The molecule has 0 heterocycles. The van der Waals surface area contributed by atoms with Gasteiger partial charge in [-0.2, -0.15) is 8.78 Å². The number of ether oxygens (including phenoxy) is 1. The van der Waals surface area contributed by atoms with Gasteiger partial charge in [-0.05, 0) is 30.5 Å². The highest BCUT2D eigenvalue weighted by molar-refractivity contribution is 6.17. The smallest absolute Gasteiger partial charge is 0.387 e. The Morgan fingerprint density at radius 3 is 2.36 bits per heavy atom. The minimum Gasteiger partial charge on any atom is -0.435 e. The lowest BCUT2D eigenvalue weighted by Crippen LogP contribution is -2.01. The zero-order valence-corrected chi connectivity index (χ0v) is 8.31. The van der Waals surface area contributed by atoms with Gasteiger partial charge in [-0.15, -0.1) is 11.6 Å². The van der Waals surface area contributed by atoms with Crippen LogP contribution in [-0.4, -0.2) is 12.5 Å². The Hall–Kier alpha value is -0.830. The molecule has 0 amide bonds. The summed E-state index contributed by atoms with van der Waals surface area (Å²) in [6.07, 6.45) is 1.75. The highest BCUT2D eigenvalue weighted by atomic mass is 35.5. The Balaban J connectivity index is 2.50. The first-order valence-electron chi connectivity index (χ1n) is 4.32. The monoisotopic (exact) mass is 220 g/mol. The van der Waals surface area contributed by atoms with Gasteiger partial charge in [0.1, 0.15) is 5.75 Å². The molecule has 1 aromatic rings. The molecule has 1 rings (SSSR count). The van der Waals surface area contributed by atoms with Crippen molar-refractivity contribution >= 4 is 11.6 Å². The molecule has 0 fully saturated rings. The molecule has 0 aliphatic heterocycles. The van der Waals surface area contributed by atoms with Crippen molar-refractivity contribution in [3.05, 3.63) is 29.8 Å². The van der Waals surface area contributed by atoms with Gasteiger partial charge in [0.2, 0.25) is 0 Å². The number of aryl methyl sites for hydroxylation is 1. The number of benzene rings is 1. The maximum absolute atomic E-state index is 11.8. The minimum atomic E-state index is -2.76. The van der Waals surface area contributed by atoms with Crippen LogP contribution in [0.25, 0.3) is 0 Å². The standard InChI is InChI=1S/C10H11ClF2O/c11-7-1-2-8-3-5-9(6-4-8)14-10(12)13/h3-6,10H,1-2,7H2. The van der Waals surface area contributed by atoms with Crippen LogP contribution in [-0.2, 0) is 6.42 Å². The van der Waals surface area contributed by atoms with E-state index in [1.165, 1.54) is 12.1 Å². The molecule has 0 radical (unpaired) electrons. The third kappa shape index (κ3) is 3.92. The number of hydrogen-bond acceptors (Lipinski definition) is 1. The molecule has 0 spiro atoms. The molecule has 0 saturated heterocycles. The molecule has 0 N–H and O–H groups in total. The molecule has 14 heavy (non-hydrogen) atoms. The van der Waals surface area contributed by atoms with Gasteiger partial charge in [0.05, 0.1) is 0 Å². The molecular weight excluding hydrogens is 210 g/mol. The van der Waals surface area contributed by atoms with Gasteiger partial charge in [-0.25, -0.2) is 0 Å². The van der Waals surface area contributed by atoms with Crippen molar-refractivity contribution in [1.82, 2.24) is 0 Å². The number of halogens is 3. The highest BCUT2D eigenvalue weighted by Gasteiger charge is 2.03. The first kappa shape index (κ1) is 11.2. The third-order valence-electron chi connectivity index (χ3n) is 1.75. The summed E-state index contributed by atoms with van der Waals surface area (Å²) in [4.78, 5) is 0. The number of hydrogen-bond donors (Lipinski definition) is 0. The van der Waals surface area contributed by atoms with Crippen LogP contribution in [0.2, 0.25) is 0 Å². The van der Waals surface area contributed by atoms with E-state index >= 15 is 0 Å². The molecule has 0 unspecified atom stereocenters. The van der Waals surface area contributed by atoms with Gasteiger partial charge in [0, 0.05) is 5.88 Å². The quantitative estimate of drug-likeness (QED) is 0.691. The lowest BCUT2D eigenvalue weighted by Gasteiger charge is -2.05. The van der Waals surface area contributed by atoms with Crippen LogP contribution in [0.5, 0.6) is 5.75 Å².